The molecule has 0 aromatic carbocycles. The third-order valence-electron chi connectivity index (χ3n) is 0.691. The van der Waals surface area contributed by atoms with Crippen molar-refractivity contribution in [2.24, 2.45) is 0 Å². The minimum atomic E-state index is -4.21. The van der Waals surface area contributed by atoms with Crippen LogP contribution in [0.15, 0.2) is 0 Å². The van der Waals surface area contributed by atoms with Gasteiger partial charge in [-0.2, -0.15) is 13.2 Å². The van der Waals surface area contributed by atoms with Crippen LogP contribution in [0.3, 0.4) is 0 Å². The van der Waals surface area contributed by atoms with E-state index in [9.17, 15) is 13.2 Å². The largest absolute Gasteiger partial charge is 0.401 e. The number of aliphatic hydroxyl groups is 1. The van der Waals surface area contributed by atoms with Crippen LogP contribution >= 0.6 is 0 Å². The molecule has 5 heteroatoms. The fraction of sp³-hybridized carbons (Fsp3) is 1.00. The molecule has 0 aliphatic heterocycles. The van der Waals surface area contributed by atoms with E-state index >= 15 is 0 Å². The Morgan fingerprint density at radius 2 is 1.89 bits per heavy atom. The number of hydrogen-bond acceptors (Lipinski definition) is 2. The second-order valence-electron chi connectivity index (χ2n) is 1.77. The summed E-state index contributed by atoms with van der Waals surface area (Å²) >= 11 is 0. The van der Waals surface area contributed by atoms with Crippen LogP contribution in [-0.2, 0) is 0 Å². The lowest BCUT2D eigenvalue weighted by Crippen LogP contribution is -2.31. The molecule has 2 nitrogen and oxygen atoms in total. The van der Waals surface area contributed by atoms with E-state index in [-0.39, 0.29) is 0 Å². The van der Waals surface area contributed by atoms with Gasteiger partial charge < -0.3 is 5.11 Å². The molecule has 0 aliphatic carbocycles. The smallest absolute Gasteiger partial charge is 0.381 e. The van der Waals surface area contributed by atoms with Crippen molar-refractivity contribution in [1.29, 1.82) is 0 Å². The highest BCUT2D eigenvalue weighted by atomic mass is 19.4. The molecule has 56 valence electrons. The van der Waals surface area contributed by atoms with Gasteiger partial charge in [-0.25, -0.2) is 0 Å². The minimum absolute atomic E-state index is 0.570. The van der Waals surface area contributed by atoms with Gasteiger partial charge in [0.05, 0.1) is 13.3 Å². The van der Waals surface area contributed by atoms with Crippen molar-refractivity contribution in [2.75, 3.05) is 20.3 Å². The fourth-order valence-corrected chi connectivity index (χ4v) is 0.356. The van der Waals surface area contributed by atoms with Gasteiger partial charge in [-0.05, 0) is 7.05 Å². The zero-order valence-corrected chi connectivity index (χ0v) is 4.94. The van der Waals surface area contributed by atoms with Gasteiger partial charge in [0.2, 0.25) is 0 Å². The Bertz CT molecular complexity index is 82.4. The summed E-state index contributed by atoms with van der Waals surface area (Å²) in [5, 5.41) is 8.12. The summed E-state index contributed by atoms with van der Waals surface area (Å²) in [6, 6.07) is 0. The van der Waals surface area contributed by atoms with Gasteiger partial charge in [0, 0.05) is 0 Å². The Kier molecular flexibility index (Phi) is 2.93. The predicted molar refractivity (Wildman–Crippen MR) is 25.8 cm³/mol. The lowest BCUT2D eigenvalue weighted by Gasteiger charge is -2.14. The van der Waals surface area contributed by atoms with E-state index in [0.717, 1.165) is 4.90 Å². The number of halogens is 3. The highest BCUT2D eigenvalue weighted by Gasteiger charge is 2.28. The summed E-state index contributed by atoms with van der Waals surface area (Å²) in [5.41, 5.74) is 0. The first-order chi connectivity index (χ1) is 3.95. The molecule has 0 rings (SSSR count). The normalized spacial score (nSPS) is 12.7. The number of aliphatic hydroxyl groups excluding tert-OH is 1. The molecule has 0 saturated carbocycles. The lowest BCUT2D eigenvalue weighted by atomic mass is 10.6. The van der Waals surface area contributed by atoms with Gasteiger partial charge in [0.1, 0.15) is 0 Å². The van der Waals surface area contributed by atoms with Gasteiger partial charge in [-0.15, -0.1) is 0 Å². The standard InChI is InChI=1S/C4H8F3NO/c1-8(3-9)2-4(5,6)7/h9H,2-3H2,1H3. The molecule has 0 saturated heterocycles. The summed E-state index contributed by atoms with van der Waals surface area (Å²) in [4.78, 5) is 0.764. The Hall–Kier alpha value is -0.290. The number of rotatable bonds is 2. The van der Waals surface area contributed by atoms with Crippen molar-refractivity contribution in [2.45, 2.75) is 6.18 Å². The maximum absolute atomic E-state index is 11.3. The third-order valence-corrected chi connectivity index (χ3v) is 0.691. The van der Waals surface area contributed by atoms with Gasteiger partial charge in [-0.1, -0.05) is 0 Å². The Morgan fingerprint density at radius 3 is 2.00 bits per heavy atom. The van der Waals surface area contributed by atoms with E-state index < -0.39 is 19.5 Å². The quantitative estimate of drug-likeness (QED) is 0.566. The molecule has 0 bridgehead atoms. The van der Waals surface area contributed by atoms with Crippen molar-refractivity contribution in [3.8, 4) is 0 Å². The van der Waals surface area contributed by atoms with E-state index in [4.69, 9.17) is 5.11 Å². The van der Waals surface area contributed by atoms with Crippen molar-refractivity contribution in [3.63, 3.8) is 0 Å². The first-order valence-electron chi connectivity index (χ1n) is 2.32. The first kappa shape index (κ1) is 8.71. The number of hydrogen-bond donors (Lipinski definition) is 1. The monoisotopic (exact) mass is 143 g/mol. The van der Waals surface area contributed by atoms with Crippen LogP contribution in [0.25, 0.3) is 0 Å². The minimum Gasteiger partial charge on any atom is -0.381 e. The molecule has 0 spiro atoms. The van der Waals surface area contributed by atoms with Crippen molar-refractivity contribution >= 4 is 0 Å². The summed E-state index contributed by atoms with van der Waals surface area (Å²) in [6.45, 7) is -1.64. The molecule has 0 aliphatic rings. The average molecular weight is 143 g/mol. The Labute approximate surface area is 50.9 Å². The predicted octanol–water partition coefficient (Wildman–Crippen LogP) is 0.430. The zero-order valence-electron chi connectivity index (χ0n) is 4.94. The molecule has 0 radical (unpaired) electrons. The van der Waals surface area contributed by atoms with Crippen LogP contribution < -0.4 is 0 Å². The second kappa shape index (κ2) is 3.03. The number of nitrogens with zero attached hydrogens (tertiary/aromatic N) is 1. The maximum Gasteiger partial charge on any atom is 0.401 e. The van der Waals surface area contributed by atoms with E-state index in [1.54, 1.807) is 0 Å². The molecule has 0 unspecified atom stereocenters. The summed E-state index contributed by atoms with van der Waals surface area (Å²) < 4.78 is 34.0. The summed E-state index contributed by atoms with van der Waals surface area (Å²) in [5.74, 6) is 0. The van der Waals surface area contributed by atoms with E-state index in [2.05, 4.69) is 0 Å². The van der Waals surface area contributed by atoms with Crippen LogP contribution in [0.4, 0.5) is 13.2 Å². The van der Waals surface area contributed by atoms with Crippen LogP contribution in [0, 0.1) is 0 Å². The second-order valence-corrected chi connectivity index (χ2v) is 1.77. The molecule has 1 N–H and O–H groups in total. The van der Waals surface area contributed by atoms with Crippen molar-refractivity contribution in [3.05, 3.63) is 0 Å². The highest BCUT2D eigenvalue weighted by molar-refractivity contribution is 4.53. The first-order valence-corrected chi connectivity index (χ1v) is 2.32. The van der Waals surface area contributed by atoms with Gasteiger partial charge in [0.25, 0.3) is 0 Å². The van der Waals surface area contributed by atoms with Crippen LogP contribution in [0.2, 0.25) is 0 Å². The SMILES string of the molecule is CN(CO)CC(F)(F)F. The zero-order chi connectivity index (χ0) is 7.49. The molecule has 0 heterocycles. The van der Waals surface area contributed by atoms with E-state index in [0.29, 0.717) is 0 Å². The highest BCUT2D eigenvalue weighted by Crippen LogP contribution is 2.14. The Balaban J connectivity index is 3.47. The van der Waals surface area contributed by atoms with E-state index in [1.165, 1.54) is 7.05 Å². The number of alkyl halides is 3. The molecule has 0 atom stereocenters. The fourth-order valence-electron chi connectivity index (χ4n) is 0.356. The molecular weight excluding hydrogens is 135 g/mol. The summed E-state index contributed by atoms with van der Waals surface area (Å²) in [7, 11) is 1.19. The summed E-state index contributed by atoms with van der Waals surface area (Å²) in [6.07, 6.45) is -4.21. The van der Waals surface area contributed by atoms with Gasteiger partial charge in [0.15, 0.2) is 0 Å². The third kappa shape index (κ3) is 5.58. The maximum atomic E-state index is 11.3. The van der Waals surface area contributed by atoms with Gasteiger partial charge in [-0.3, -0.25) is 4.90 Å². The molecule has 9 heavy (non-hydrogen) atoms. The van der Waals surface area contributed by atoms with E-state index in [1.807, 2.05) is 0 Å². The topological polar surface area (TPSA) is 23.5 Å². The van der Waals surface area contributed by atoms with Crippen LogP contribution in [0.5, 0.6) is 0 Å². The molecular formula is C4H8F3NO. The van der Waals surface area contributed by atoms with Crippen LogP contribution in [-0.4, -0.2) is 36.5 Å². The van der Waals surface area contributed by atoms with Crippen LogP contribution in [0.1, 0.15) is 0 Å². The molecule has 0 fully saturated rings. The Morgan fingerprint density at radius 1 is 1.44 bits per heavy atom. The molecule has 0 amide bonds. The lowest BCUT2D eigenvalue weighted by molar-refractivity contribution is -0.149. The molecule has 0 aromatic rings. The average Bonchev–Trinajstić information content (AvgIpc) is 1.62. The van der Waals surface area contributed by atoms with Gasteiger partial charge >= 0.3 is 6.18 Å². The molecule has 0 aromatic heterocycles. The van der Waals surface area contributed by atoms with Crippen molar-refractivity contribution in [1.82, 2.24) is 4.90 Å². The van der Waals surface area contributed by atoms with Crippen molar-refractivity contribution < 1.29 is 18.3 Å².